The molecule has 3 N–H and O–H groups in total. The number of hydrogen-bond acceptors (Lipinski definition) is 4. The zero-order chi connectivity index (χ0) is 15.3. The molecule has 1 aliphatic rings. The van der Waals surface area contributed by atoms with Gasteiger partial charge in [-0.05, 0) is 19.8 Å². The summed E-state index contributed by atoms with van der Waals surface area (Å²) in [6, 6.07) is -0.325. The number of aromatic nitrogens is 1. The first-order valence-electron chi connectivity index (χ1n) is 7.17. The topological polar surface area (TPSA) is 91.3 Å². The first-order chi connectivity index (χ1) is 10.0. The van der Waals surface area contributed by atoms with Crippen LogP contribution in [0.3, 0.4) is 0 Å². The number of carbonyl (C=O) groups is 2. The molecule has 2 rings (SSSR count). The van der Waals surface area contributed by atoms with Crippen LogP contribution in [0.15, 0.2) is 5.51 Å². The van der Waals surface area contributed by atoms with E-state index >= 15 is 0 Å². The molecular formula is C14H21N3O3S. The molecule has 7 heteroatoms. The molecule has 6 nitrogen and oxygen atoms in total. The van der Waals surface area contributed by atoms with E-state index in [2.05, 4.69) is 15.6 Å². The first kappa shape index (κ1) is 15.8. The fourth-order valence-electron chi connectivity index (χ4n) is 2.66. The standard InChI is InChI=1S/C14H21N3O3S/c1-10-11(21-9-17-10)7-15-13(20)16-8-14(12(18)19)5-3-2-4-6-14/h9H,2-8H2,1H3,(H,18,19)(H2,15,16,20). The van der Waals surface area contributed by atoms with Crippen molar-refractivity contribution in [3.8, 4) is 0 Å². The molecule has 1 heterocycles. The van der Waals surface area contributed by atoms with Crippen molar-refractivity contribution in [2.24, 2.45) is 5.41 Å². The SMILES string of the molecule is Cc1ncsc1CNC(=O)NCC1(C(=O)O)CCCCC1. The van der Waals surface area contributed by atoms with Gasteiger partial charge in [0.25, 0.3) is 0 Å². The lowest BCUT2D eigenvalue weighted by molar-refractivity contribution is -0.150. The Kier molecular flexibility index (Phi) is 5.17. The molecule has 1 aromatic heterocycles. The van der Waals surface area contributed by atoms with E-state index in [4.69, 9.17) is 0 Å². The van der Waals surface area contributed by atoms with Gasteiger partial charge in [-0.3, -0.25) is 4.79 Å². The number of amides is 2. The van der Waals surface area contributed by atoms with E-state index in [0.717, 1.165) is 29.8 Å². The molecule has 0 unspecified atom stereocenters. The van der Waals surface area contributed by atoms with Crippen LogP contribution in [-0.2, 0) is 11.3 Å². The van der Waals surface area contributed by atoms with Crippen LogP contribution in [0.5, 0.6) is 0 Å². The zero-order valence-electron chi connectivity index (χ0n) is 12.1. The Balaban J connectivity index is 1.82. The molecule has 116 valence electrons. The molecule has 0 bridgehead atoms. The lowest BCUT2D eigenvalue weighted by Gasteiger charge is -2.33. The summed E-state index contributed by atoms with van der Waals surface area (Å²) in [7, 11) is 0. The number of aryl methyl sites for hydroxylation is 1. The van der Waals surface area contributed by atoms with E-state index in [1.54, 1.807) is 5.51 Å². The van der Waals surface area contributed by atoms with Gasteiger partial charge in [0.15, 0.2) is 0 Å². The second kappa shape index (κ2) is 6.89. The molecule has 21 heavy (non-hydrogen) atoms. The van der Waals surface area contributed by atoms with Crippen LogP contribution < -0.4 is 10.6 Å². The molecular weight excluding hydrogens is 290 g/mol. The van der Waals surface area contributed by atoms with Crippen molar-refractivity contribution in [3.63, 3.8) is 0 Å². The molecule has 0 aromatic carbocycles. The van der Waals surface area contributed by atoms with E-state index < -0.39 is 11.4 Å². The summed E-state index contributed by atoms with van der Waals surface area (Å²) in [6.45, 7) is 2.51. The van der Waals surface area contributed by atoms with Crippen LogP contribution >= 0.6 is 11.3 Å². The number of nitrogens with zero attached hydrogens (tertiary/aromatic N) is 1. The van der Waals surface area contributed by atoms with Crippen molar-refractivity contribution < 1.29 is 14.7 Å². The highest BCUT2D eigenvalue weighted by atomic mass is 32.1. The van der Waals surface area contributed by atoms with Crippen LogP contribution in [-0.4, -0.2) is 28.6 Å². The zero-order valence-corrected chi connectivity index (χ0v) is 13.0. The van der Waals surface area contributed by atoms with Gasteiger partial charge < -0.3 is 15.7 Å². The number of carboxylic acid groups (broad SMARTS) is 1. The molecule has 2 amide bonds. The number of aliphatic carboxylic acids is 1. The van der Waals surface area contributed by atoms with Gasteiger partial charge in [-0.25, -0.2) is 9.78 Å². The predicted molar refractivity (Wildman–Crippen MR) is 80.2 cm³/mol. The summed E-state index contributed by atoms with van der Waals surface area (Å²) in [5.41, 5.74) is 1.86. The summed E-state index contributed by atoms with van der Waals surface area (Å²) in [6.07, 6.45) is 4.17. The number of nitrogens with one attached hydrogen (secondary N) is 2. The van der Waals surface area contributed by atoms with Gasteiger partial charge >= 0.3 is 12.0 Å². The molecule has 1 aliphatic carbocycles. The third-order valence-corrected chi connectivity index (χ3v) is 5.04. The highest BCUT2D eigenvalue weighted by molar-refractivity contribution is 7.09. The number of rotatable bonds is 5. The second-order valence-electron chi connectivity index (χ2n) is 5.54. The van der Waals surface area contributed by atoms with Crippen LogP contribution in [0.4, 0.5) is 4.79 Å². The maximum absolute atomic E-state index is 11.8. The van der Waals surface area contributed by atoms with Crippen molar-refractivity contribution in [3.05, 3.63) is 16.1 Å². The Morgan fingerprint density at radius 1 is 1.33 bits per heavy atom. The summed E-state index contributed by atoms with van der Waals surface area (Å²) >= 11 is 1.49. The van der Waals surface area contributed by atoms with Gasteiger partial charge in [0.2, 0.25) is 0 Å². The summed E-state index contributed by atoms with van der Waals surface area (Å²) in [5, 5.41) is 14.9. The van der Waals surface area contributed by atoms with Gasteiger partial charge in [0.1, 0.15) is 0 Å². The Hall–Kier alpha value is -1.63. The lowest BCUT2D eigenvalue weighted by atomic mass is 9.74. The van der Waals surface area contributed by atoms with Gasteiger partial charge in [-0.2, -0.15) is 0 Å². The van der Waals surface area contributed by atoms with E-state index in [1.807, 2.05) is 6.92 Å². The number of thiazole rings is 1. The van der Waals surface area contributed by atoms with Crippen molar-refractivity contribution in [1.29, 1.82) is 0 Å². The Bertz CT molecular complexity index is 509. The maximum atomic E-state index is 11.8. The minimum atomic E-state index is -0.805. The molecule has 1 fully saturated rings. The number of carbonyl (C=O) groups excluding carboxylic acids is 1. The Labute approximate surface area is 128 Å². The van der Waals surface area contributed by atoms with Crippen molar-refractivity contribution in [1.82, 2.24) is 15.6 Å². The van der Waals surface area contributed by atoms with Gasteiger partial charge in [0, 0.05) is 11.4 Å². The van der Waals surface area contributed by atoms with E-state index in [9.17, 15) is 14.7 Å². The normalized spacial score (nSPS) is 17.2. The third kappa shape index (κ3) is 3.93. The predicted octanol–water partition coefficient (Wildman–Crippen LogP) is 2.29. The van der Waals surface area contributed by atoms with Crippen molar-refractivity contribution in [2.75, 3.05) is 6.54 Å². The molecule has 1 aromatic rings. The lowest BCUT2D eigenvalue weighted by Crippen LogP contribution is -2.47. The van der Waals surface area contributed by atoms with E-state index in [1.165, 1.54) is 11.3 Å². The molecule has 0 spiro atoms. The van der Waals surface area contributed by atoms with E-state index in [0.29, 0.717) is 19.4 Å². The minimum Gasteiger partial charge on any atom is -0.481 e. The quantitative estimate of drug-likeness (QED) is 0.778. The average molecular weight is 311 g/mol. The molecule has 1 saturated carbocycles. The average Bonchev–Trinajstić information content (AvgIpc) is 2.89. The molecule has 0 aliphatic heterocycles. The first-order valence-corrected chi connectivity index (χ1v) is 8.05. The Morgan fingerprint density at radius 2 is 2.05 bits per heavy atom. The largest absolute Gasteiger partial charge is 0.481 e. The third-order valence-electron chi connectivity index (χ3n) is 4.11. The fourth-order valence-corrected chi connectivity index (χ4v) is 3.38. The summed E-state index contributed by atoms with van der Waals surface area (Å²) < 4.78 is 0. The van der Waals surface area contributed by atoms with Gasteiger partial charge in [-0.15, -0.1) is 11.3 Å². The van der Waals surface area contributed by atoms with Crippen molar-refractivity contribution >= 4 is 23.3 Å². The Morgan fingerprint density at radius 3 is 2.62 bits per heavy atom. The summed E-state index contributed by atoms with van der Waals surface area (Å²) in [5.74, 6) is -0.805. The monoisotopic (exact) mass is 311 g/mol. The second-order valence-corrected chi connectivity index (χ2v) is 6.48. The van der Waals surface area contributed by atoms with Crippen LogP contribution in [0.25, 0.3) is 0 Å². The molecule has 0 radical (unpaired) electrons. The van der Waals surface area contributed by atoms with Gasteiger partial charge in [-0.1, -0.05) is 19.3 Å². The highest BCUT2D eigenvalue weighted by Gasteiger charge is 2.39. The fraction of sp³-hybridized carbons (Fsp3) is 0.643. The van der Waals surface area contributed by atoms with Crippen LogP contribution in [0.2, 0.25) is 0 Å². The van der Waals surface area contributed by atoms with Crippen molar-refractivity contribution in [2.45, 2.75) is 45.6 Å². The number of hydrogen-bond donors (Lipinski definition) is 3. The number of urea groups is 1. The van der Waals surface area contributed by atoms with Crippen LogP contribution in [0, 0.1) is 12.3 Å². The summed E-state index contributed by atoms with van der Waals surface area (Å²) in [4.78, 5) is 28.5. The van der Waals surface area contributed by atoms with E-state index in [-0.39, 0.29) is 12.6 Å². The molecule has 0 saturated heterocycles. The maximum Gasteiger partial charge on any atom is 0.315 e. The van der Waals surface area contributed by atoms with Crippen LogP contribution in [0.1, 0.15) is 42.7 Å². The minimum absolute atomic E-state index is 0.190. The number of carboxylic acids is 1. The smallest absolute Gasteiger partial charge is 0.315 e. The van der Waals surface area contributed by atoms with Gasteiger partial charge in [0.05, 0.1) is 23.2 Å². The molecule has 0 atom stereocenters. The highest BCUT2D eigenvalue weighted by Crippen LogP contribution is 2.35.